The summed E-state index contributed by atoms with van der Waals surface area (Å²) in [5.74, 6) is 1.08. The van der Waals surface area contributed by atoms with Crippen LogP contribution in [0.5, 0.6) is 0 Å². The first-order valence-electron chi connectivity index (χ1n) is 9.02. The van der Waals surface area contributed by atoms with Crippen LogP contribution in [0.3, 0.4) is 0 Å². The highest BCUT2D eigenvalue weighted by Gasteiger charge is 2.38. The van der Waals surface area contributed by atoms with Crippen LogP contribution >= 0.6 is 11.6 Å². The van der Waals surface area contributed by atoms with Crippen molar-refractivity contribution in [2.75, 3.05) is 11.1 Å². The molecule has 1 aromatic heterocycles. The lowest BCUT2D eigenvalue weighted by molar-refractivity contribution is 0.598. The molecule has 1 aliphatic rings. The number of halogens is 1. The third-order valence-electron chi connectivity index (χ3n) is 5.05. The van der Waals surface area contributed by atoms with Gasteiger partial charge in [-0.3, -0.25) is 0 Å². The van der Waals surface area contributed by atoms with E-state index in [0.29, 0.717) is 16.5 Å². The second-order valence-electron chi connectivity index (χ2n) is 7.12. The number of primary sulfonamides is 1. The number of hydrogen-bond acceptors (Lipinski definition) is 6. The van der Waals surface area contributed by atoms with E-state index in [4.69, 9.17) is 22.5 Å². The fourth-order valence-corrected chi connectivity index (χ4v) is 4.07. The van der Waals surface area contributed by atoms with Crippen LogP contribution in [-0.4, -0.2) is 24.4 Å². The molecule has 9 heteroatoms. The van der Waals surface area contributed by atoms with E-state index >= 15 is 0 Å². The van der Waals surface area contributed by atoms with E-state index in [0.717, 1.165) is 23.1 Å². The van der Waals surface area contributed by atoms with Crippen molar-refractivity contribution in [3.63, 3.8) is 0 Å². The number of sulfonamides is 1. The fraction of sp³-hybridized carbons (Fsp3) is 0.200. The number of benzene rings is 2. The van der Waals surface area contributed by atoms with Gasteiger partial charge in [-0.2, -0.15) is 4.98 Å². The molecule has 0 saturated heterocycles. The zero-order chi connectivity index (χ0) is 20.8. The maximum atomic E-state index is 11.4. The zero-order valence-corrected chi connectivity index (χ0v) is 17.2. The highest BCUT2D eigenvalue weighted by Crippen LogP contribution is 2.43. The summed E-state index contributed by atoms with van der Waals surface area (Å²) in [6, 6.07) is 14.3. The van der Waals surface area contributed by atoms with Crippen LogP contribution in [0.4, 0.5) is 11.8 Å². The Kier molecular flexibility index (Phi) is 4.94. The lowest BCUT2D eigenvalue weighted by atomic mass is 10.1. The predicted molar refractivity (Wildman–Crippen MR) is 114 cm³/mol. The molecule has 2 atom stereocenters. The van der Waals surface area contributed by atoms with Crippen molar-refractivity contribution < 1.29 is 8.42 Å². The van der Waals surface area contributed by atoms with Crippen molar-refractivity contribution in [2.24, 2.45) is 5.14 Å². The van der Waals surface area contributed by atoms with Crippen LogP contribution in [-0.2, 0) is 10.0 Å². The van der Waals surface area contributed by atoms with Gasteiger partial charge in [-0.15, -0.1) is 0 Å². The van der Waals surface area contributed by atoms with E-state index < -0.39 is 10.0 Å². The molecule has 0 amide bonds. The van der Waals surface area contributed by atoms with Crippen LogP contribution in [0, 0.1) is 6.92 Å². The van der Waals surface area contributed by atoms with Crippen LogP contribution < -0.4 is 16.2 Å². The van der Waals surface area contributed by atoms with E-state index in [9.17, 15) is 8.42 Å². The molecule has 150 valence electrons. The minimum atomic E-state index is -3.69. The second kappa shape index (κ2) is 7.29. The van der Waals surface area contributed by atoms with Gasteiger partial charge in [-0.1, -0.05) is 35.9 Å². The first-order chi connectivity index (χ1) is 13.7. The normalized spacial score (nSPS) is 18.4. The van der Waals surface area contributed by atoms with E-state index in [1.165, 1.54) is 12.1 Å². The van der Waals surface area contributed by atoms with Gasteiger partial charge in [-0.25, -0.2) is 18.5 Å². The monoisotopic (exact) mass is 429 g/mol. The number of hydrogen-bond donors (Lipinski definition) is 3. The smallest absolute Gasteiger partial charge is 0.238 e. The number of nitrogens with one attached hydrogen (secondary N) is 1. The molecule has 4 rings (SSSR count). The lowest BCUT2D eigenvalue weighted by Crippen LogP contribution is -2.12. The summed E-state index contributed by atoms with van der Waals surface area (Å²) in [5.41, 5.74) is 9.50. The van der Waals surface area contributed by atoms with Gasteiger partial charge in [0, 0.05) is 28.6 Å². The van der Waals surface area contributed by atoms with E-state index in [2.05, 4.69) is 15.3 Å². The molecule has 1 fully saturated rings. The number of nitrogens with zero attached hydrogens (tertiary/aromatic N) is 2. The Morgan fingerprint density at radius 1 is 1.14 bits per heavy atom. The van der Waals surface area contributed by atoms with Gasteiger partial charge >= 0.3 is 0 Å². The molecule has 0 unspecified atom stereocenters. The van der Waals surface area contributed by atoms with Crippen LogP contribution in [0.15, 0.2) is 53.4 Å². The van der Waals surface area contributed by atoms with Gasteiger partial charge in [0.2, 0.25) is 16.0 Å². The molecule has 2 aromatic carbocycles. The number of anilines is 2. The molecule has 0 bridgehead atoms. The largest absolute Gasteiger partial charge is 0.368 e. The van der Waals surface area contributed by atoms with Crippen molar-refractivity contribution in [2.45, 2.75) is 30.2 Å². The molecule has 5 N–H and O–H groups in total. The lowest BCUT2D eigenvalue weighted by Gasteiger charge is -2.11. The quantitative estimate of drug-likeness (QED) is 0.571. The number of aromatic nitrogens is 2. The van der Waals surface area contributed by atoms with E-state index in [1.807, 2.05) is 31.2 Å². The highest BCUT2D eigenvalue weighted by atomic mass is 35.5. The Hall–Kier alpha value is -2.68. The fourth-order valence-electron chi connectivity index (χ4n) is 3.38. The van der Waals surface area contributed by atoms with Crippen LogP contribution in [0.25, 0.3) is 11.3 Å². The Labute approximate surface area is 174 Å². The van der Waals surface area contributed by atoms with Crippen molar-refractivity contribution in [1.29, 1.82) is 0 Å². The molecule has 0 aliphatic heterocycles. The van der Waals surface area contributed by atoms with Gasteiger partial charge < -0.3 is 11.1 Å². The SMILES string of the molecule is Cc1c(Cl)cccc1-c1cc(N[C@H]2C[C@@H]2c2ccc(S(N)(=O)=O)cc2)nc(N)n1. The summed E-state index contributed by atoms with van der Waals surface area (Å²) in [4.78, 5) is 8.74. The molecular weight excluding hydrogens is 410 g/mol. The van der Waals surface area contributed by atoms with Gasteiger partial charge in [0.05, 0.1) is 10.6 Å². The summed E-state index contributed by atoms with van der Waals surface area (Å²) >= 11 is 6.23. The Bertz CT molecular complexity index is 1180. The molecule has 1 aliphatic carbocycles. The average molecular weight is 430 g/mol. The molecular formula is C20H20ClN5O2S. The predicted octanol–water partition coefficient (Wildman–Crippen LogP) is 3.30. The summed E-state index contributed by atoms with van der Waals surface area (Å²) in [6.45, 7) is 1.94. The number of nitrogen functional groups attached to an aromatic ring is 1. The molecule has 7 nitrogen and oxygen atoms in total. The Balaban J connectivity index is 1.53. The molecule has 3 aromatic rings. The van der Waals surface area contributed by atoms with E-state index in [1.54, 1.807) is 12.1 Å². The molecule has 0 spiro atoms. The maximum Gasteiger partial charge on any atom is 0.238 e. The van der Waals surface area contributed by atoms with Crippen molar-refractivity contribution in [3.05, 3.63) is 64.7 Å². The molecule has 1 saturated carbocycles. The highest BCUT2D eigenvalue weighted by molar-refractivity contribution is 7.89. The molecule has 1 heterocycles. The Morgan fingerprint density at radius 2 is 1.86 bits per heavy atom. The third-order valence-corrected chi connectivity index (χ3v) is 6.39. The maximum absolute atomic E-state index is 11.4. The zero-order valence-electron chi connectivity index (χ0n) is 15.6. The number of nitrogens with two attached hydrogens (primary N) is 2. The van der Waals surface area contributed by atoms with Crippen LogP contribution in [0.1, 0.15) is 23.5 Å². The van der Waals surface area contributed by atoms with Crippen molar-refractivity contribution in [1.82, 2.24) is 9.97 Å². The van der Waals surface area contributed by atoms with Crippen molar-refractivity contribution in [3.8, 4) is 11.3 Å². The average Bonchev–Trinajstić information content (AvgIpc) is 3.42. The number of rotatable bonds is 5. The minimum absolute atomic E-state index is 0.108. The first-order valence-corrected chi connectivity index (χ1v) is 10.9. The van der Waals surface area contributed by atoms with Gasteiger partial charge in [0.15, 0.2) is 0 Å². The van der Waals surface area contributed by atoms with Gasteiger partial charge in [0.1, 0.15) is 5.82 Å². The second-order valence-corrected chi connectivity index (χ2v) is 9.08. The van der Waals surface area contributed by atoms with Gasteiger partial charge in [0.25, 0.3) is 0 Å². The van der Waals surface area contributed by atoms with Gasteiger partial charge in [-0.05, 0) is 42.7 Å². The van der Waals surface area contributed by atoms with E-state index in [-0.39, 0.29) is 22.8 Å². The third kappa shape index (κ3) is 4.19. The first kappa shape index (κ1) is 19.6. The van der Waals surface area contributed by atoms with Crippen molar-refractivity contribution >= 4 is 33.4 Å². The minimum Gasteiger partial charge on any atom is -0.368 e. The topological polar surface area (TPSA) is 124 Å². The summed E-state index contributed by atoms with van der Waals surface area (Å²) in [6.07, 6.45) is 0.907. The molecule has 29 heavy (non-hydrogen) atoms. The Morgan fingerprint density at radius 3 is 2.55 bits per heavy atom. The standard InChI is InChI=1S/C20H20ClN5O2S/c1-11-14(3-2-4-16(11)21)18-10-19(26-20(22)25-18)24-17-9-15(17)12-5-7-13(8-6-12)29(23,27)28/h2-8,10,15,17H,9H2,1H3,(H2,23,27,28)(H3,22,24,25,26)/t15-,17+/m1/s1. The molecule has 0 radical (unpaired) electrons. The van der Waals surface area contributed by atoms with Crippen LogP contribution in [0.2, 0.25) is 5.02 Å². The summed E-state index contributed by atoms with van der Waals surface area (Å²) in [7, 11) is -3.69. The summed E-state index contributed by atoms with van der Waals surface area (Å²) in [5, 5.41) is 9.20. The summed E-state index contributed by atoms with van der Waals surface area (Å²) < 4.78 is 22.8.